The summed E-state index contributed by atoms with van der Waals surface area (Å²) in [6.45, 7) is 3.54. The number of nitrogens with zero attached hydrogens (tertiary/aromatic N) is 2. The molecule has 3 heterocycles. The summed E-state index contributed by atoms with van der Waals surface area (Å²) in [4.78, 5) is 18.6. The Hall–Kier alpha value is -3.48. The fraction of sp³-hybridized carbons (Fsp3) is 0.238. The molecule has 0 atom stereocenters. The van der Waals surface area contributed by atoms with E-state index < -0.39 is 0 Å². The van der Waals surface area contributed by atoms with E-state index in [0.29, 0.717) is 30.3 Å². The Bertz CT molecular complexity index is 1110. The molecule has 0 unspecified atom stereocenters. The van der Waals surface area contributed by atoms with Crippen LogP contribution in [0.3, 0.4) is 0 Å². The van der Waals surface area contributed by atoms with Gasteiger partial charge < -0.3 is 19.5 Å². The number of methoxy groups -OCH3 is 1. The van der Waals surface area contributed by atoms with Crippen molar-refractivity contribution in [2.24, 2.45) is 0 Å². The SMILES string of the molecule is COc1cc(-c2cc(C)c3ccc(N4CCNC4=O)cc3n2)cc2c1OCO2. The molecule has 5 rings (SSSR count). The fourth-order valence-electron chi connectivity index (χ4n) is 3.70. The van der Waals surface area contributed by atoms with Gasteiger partial charge in [-0.2, -0.15) is 0 Å². The van der Waals surface area contributed by atoms with Crippen LogP contribution in [0.15, 0.2) is 36.4 Å². The van der Waals surface area contributed by atoms with E-state index in [2.05, 4.69) is 12.2 Å². The van der Waals surface area contributed by atoms with Crippen LogP contribution in [-0.2, 0) is 0 Å². The van der Waals surface area contributed by atoms with E-state index in [1.54, 1.807) is 12.0 Å². The Balaban J connectivity index is 1.63. The number of nitrogens with one attached hydrogen (secondary N) is 1. The number of anilines is 1. The number of amides is 2. The molecule has 0 spiro atoms. The minimum atomic E-state index is -0.0762. The Labute approximate surface area is 161 Å². The van der Waals surface area contributed by atoms with E-state index in [-0.39, 0.29) is 12.8 Å². The molecule has 3 aromatic rings. The number of carbonyl (C=O) groups is 1. The Morgan fingerprint density at radius 2 is 2.07 bits per heavy atom. The second kappa shape index (κ2) is 6.30. The third-order valence-electron chi connectivity index (χ3n) is 5.12. The number of carbonyl (C=O) groups excluding carboxylic acids is 1. The number of fused-ring (bicyclic) bond motifs is 2. The van der Waals surface area contributed by atoms with Crippen LogP contribution in [0.5, 0.6) is 17.2 Å². The smallest absolute Gasteiger partial charge is 0.321 e. The second-order valence-corrected chi connectivity index (χ2v) is 6.82. The molecule has 2 aromatic carbocycles. The van der Waals surface area contributed by atoms with Gasteiger partial charge in [0, 0.05) is 29.7 Å². The van der Waals surface area contributed by atoms with Crippen LogP contribution in [0.1, 0.15) is 5.56 Å². The molecule has 1 fully saturated rings. The molecule has 0 aliphatic carbocycles. The molecule has 2 aliphatic heterocycles. The van der Waals surface area contributed by atoms with Crippen molar-refractivity contribution in [1.29, 1.82) is 0 Å². The minimum absolute atomic E-state index is 0.0762. The number of aromatic nitrogens is 1. The number of pyridine rings is 1. The average molecular weight is 377 g/mol. The van der Waals surface area contributed by atoms with E-state index in [1.165, 1.54) is 0 Å². The van der Waals surface area contributed by atoms with Crippen molar-refractivity contribution in [2.45, 2.75) is 6.92 Å². The Morgan fingerprint density at radius 3 is 2.86 bits per heavy atom. The van der Waals surface area contributed by atoms with Crippen LogP contribution in [0.4, 0.5) is 10.5 Å². The number of rotatable bonds is 3. The van der Waals surface area contributed by atoms with E-state index >= 15 is 0 Å². The lowest BCUT2D eigenvalue weighted by Crippen LogP contribution is -2.27. The largest absolute Gasteiger partial charge is 0.493 e. The molecule has 28 heavy (non-hydrogen) atoms. The van der Waals surface area contributed by atoms with E-state index in [1.807, 2.05) is 36.4 Å². The molecule has 2 amide bonds. The number of ether oxygens (including phenoxy) is 3. The van der Waals surface area contributed by atoms with E-state index in [4.69, 9.17) is 19.2 Å². The molecular weight excluding hydrogens is 358 g/mol. The minimum Gasteiger partial charge on any atom is -0.493 e. The number of hydrogen-bond acceptors (Lipinski definition) is 5. The highest BCUT2D eigenvalue weighted by molar-refractivity contribution is 5.97. The third-order valence-corrected chi connectivity index (χ3v) is 5.12. The van der Waals surface area contributed by atoms with Crippen LogP contribution in [0, 0.1) is 6.92 Å². The van der Waals surface area contributed by atoms with Crippen molar-refractivity contribution in [3.05, 3.63) is 42.0 Å². The maximum Gasteiger partial charge on any atom is 0.321 e. The van der Waals surface area contributed by atoms with Gasteiger partial charge >= 0.3 is 6.03 Å². The fourth-order valence-corrected chi connectivity index (χ4v) is 3.70. The van der Waals surface area contributed by atoms with Gasteiger partial charge in [0.2, 0.25) is 12.5 Å². The molecule has 1 saturated heterocycles. The lowest BCUT2D eigenvalue weighted by atomic mass is 10.0. The zero-order chi connectivity index (χ0) is 19.3. The standard InChI is InChI=1S/C21H19N3O4/c1-12-7-16(13-8-18(26-2)20-19(9-13)27-11-28-20)23-17-10-14(3-4-15(12)17)24-6-5-22-21(24)25/h3-4,7-10H,5-6,11H2,1-2H3,(H,22,25). The van der Waals surface area contributed by atoms with Crippen molar-refractivity contribution in [2.75, 3.05) is 31.9 Å². The number of benzene rings is 2. The predicted molar refractivity (Wildman–Crippen MR) is 105 cm³/mol. The molecule has 0 bridgehead atoms. The zero-order valence-corrected chi connectivity index (χ0v) is 15.6. The van der Waals surface area contributed by atoms with Crippen molar-refractivity contribution in [3.8, 4) is 28.5 Å². The number of aryl methyl sites for hydroxylation is 1. The number of urea groups is 1. The highest BCUT2D eigenvalue weighted by Gasteiger charge is 2.23. The van der Waals surface area contributed by atoms with Gasteiger partial charge in [-0.3, -0.25) is 4.90 Å². The molecule has 1 aromatic heterocycles. The van der Waals surface area contributed by atoms with Gasteiger partial charge in [-0.05, 0) is 42.8 Å². The summed E-state index contributed by atoms with van der Waals surface area (Å²) in [5.41, 5.74) is 4.48. The number of hydrogen-bond donors (Lipinski definition) is 1. The highest BCUT2D eigenvalue weighted by Crippen LogP contribution is 2.44. The third kappa shape index (κ3) is 2.58. The topological polar surface area (TPSA) is 72.9 Å². The summed E-state index contributed by atoms with van der Waals surface area (Å²) in [6, 6.07) is 11.7. The first-order chi connectivity index (χ1) is 13.6. The van der Waals surface area contributed by atoms with Crippen LogP contribution >= 0.6 is 0 Å². The Morgan fingerprint density at radius 1 is 1.18 bits per heavy atom. The van der Waals surface area contributed by atoms with Gasteiger partial charge in [0.25, 0.3) is 0 Å². The zero-order valence-electron chi connectivity index (χ0n) is 15.6. The average Bonchev–Trinajstić information content (AvgIpc) is 3.35. The van der Waals surface area contributed by atoms with Crippen LogP contribution in [0.25, 0.3) is 22.2 Å². The van der Waals surface area contributed by atoms with Crippen molar-refractivity contribution < 1.29 is 19.0 Å². The van der Waals surface area contributed by atoms with Crippen LogP contribution in [-0.4, -0.2) is 38.0 Å². The molecule has 142 valence electrons. The van der Waals surface area contributed by atoms with Gasteiger partial charge in [0.05, 0.1) is 18.3 Å². The Kier molecular flexibility index (Phi) is 3.75. The summed E-state index contributed by atoms with van der Waals surface area (Å²) >= 11 is 0. The maximum absolute atomic E-state index is 12.0. The predicted octanol–water partition coefficient (Wildman–Crippen LogP) is 3.48. The van der Waals surface area contributed by atoms with Crippen LogP contribution in [0.2, 0.25) is 0 Å². The normalized spacial score (nSPS) is 15.2. The first-order valence-corrected chi connectivity index (χ1v) is 9.09. The molecule has 1 N–H and O–H groups in total. The first-order valence-electron chi connectivity index (χ1n) is 9.09. The van der Waals surface area contributed by atoms with Crippen molar-refractivity contribution in [3.63, 3.8) is 0 Å². The lowest BCUT2D eigenvalue weighted by molar-refractivity contribution is 0.171. The summed E-state index contributed by atoms with van der Waals surface area (Å²) < 4.78 is 16.5. The maximum atomic E-state index is 12.0. The molecule has 2 aliphatic rings. The summed E-state index contributed by atoms with van der Waals surface area (Å²) in [5.74, 6) is 1.88. The summed E-state index contributed by atoms with van der Waals surface area (Å²) in [7, 11) is 1.60. The van der Waals surface area contributed by atoms with Gasteiger partial charge in [-0.25, -0.2) is 9.78 Å². The second-order valence-electron chi connectivity index (χ2n) is 6.82. The highest BCUT2D eigenvalue weighted by atomic mass is 16.7. The monoisotopic (exact) mass is 377 g/mol. The van der Waals surface area contributed by atoms with Gasteiger partial charge in [-0.15, -0.1) is 0 Å². The lowest BCUT2D eigenvalue weighted by Gasteiger charge is -2.16. The summed E-state index contributed by atoms with van der Waals surface area (Å²) in [6.07, 6.45) is 0. The summed E-state index contributed by atoms with van der Waals surface area (Å²) in [5, 5.41) is 3.88. The quantitative estimate of drug-likeness (QED) is 0.757. The van der Waals surface area contributed by atoms with E-state index in [0.717, 1.165) is 33.4 Å². The molecule has 0 radical (unpaired) electrons. The van der Waals surface area contributed by atoms with Crippen molar-refractivity contribution >= 4 is 22.6 Å². The van der Waals surface area contributed by atoms with Gasteiger partial charge in [0.1, 0.15) is 0 Å². The molecule has 7 heteroatoms. The molecule has 0 saturated carbocycles. The first kappa shape index (κ1) is 16.7. The van der Waals surface area contributed by atoms with Crippen molar-refractivity contribution in [1.82, 2.24) is 10.3 Å². The van der Waals surface area contributed by atoms with E-state index in [9.17, 15) is 4.79 Å². The molecule has 7 nitrogen and oxygen atoms in total. The molecular formula is C21H19N3O4. The van der Waals surface area contributed by atoms with Gasteiger partial charge in [-0.1, -0.05) is 6.07 Å². The van der Waals surface area contributed by atoms with Gasteiger partial charge in [0.15, 0.2) is 11.5 Å². The van der Waals surface area contributed by atoms with Crippen LogP contribution < -0.4 is 24.4 Å².